The number of methoxy groups -OCH3 is 1. The van der Waals surface area contributed by atoms with Crippen LogP contribution in [0.25, 0.3) is 0 Å². The van der Waals surface area contributed by atoms with Crippen molar-refractivity contribution in [2.24, 2.45) is 0 Å². The van der Waals surface area contributed by atoms with Crippen molar-refractivity contribution < 1.29 is 4.74 Å². The second kappa shape index (κ2) is 6.54. The summed E-state index contributed by atoms with van der Waals surface area (Å²) in [5.41, 5.74) is 1.08. The molecule has 102 valence electrons. The summed E-state index contributed by atoms with van der Waals surface area (Å²) in [6, 6.07) is 0.373. The lowest BCUT2D eigenvalue weighted by Gasteiger charge is -2.29. The highest BCUT2D eigenvalue weighted by atomic mass is 16.5. The monoisotopic (exact) mass is 252 g/mol. The summed E-state index contributed by atoms with van der Waals surface area (Å²) < 4.78 is 5.17. The zero-order valence-corrected chi connectivity index (χ0v) is 12.2. The summed E-state index contributed by atoms with van der Waals surface area (Å²) in [6.45, 7) is 9.79. The molecule has 0 aliphatic rings. The molecule has 0 aliphatic heterocycles. The zero-order chi connectivity index (χ0) is 13.7. The third-order valence-electron chi connectivity index (χ3n) is 2.90. The number of rotatable bonds is 6. The van der Waals surface area contributed by atoms with Crippen molar-refractivity contribution in [1.29, 1.82) is 0 Å². The first-order valence-corrected chi connectivity index (χ1v) is 6.29. The summed E-state index contributed by atoms with van der Waals surface area (Å²) >= 11 is 0. The quantitative estimate of drug-likeness (QED) is 0.839. The lowest BCUT2D eigenvalue weighted by Crippen LogP contribution is -2.35. The maximum atomic E-state index is 5.17. The first-order chi connectivity index (χ1) is 8.51. The second-order valence-electron chi connectivity index (χ2n) is 4.60. The lowest BCUT2D eigenvalue weighted by molar-refractivity contribution is 0.203. The minimum Gasteiger partial charge on any atom is -0.383 e. The van der Waals surface area contributed by atoms with E-state index < -0.39 is 0 Å². The van der Waals surface area contributed by atoms with Gasteiger partial charge in [0, 0.05) is 32.3 Å². The Bertz CT molecular complexity index is 393. The van der Waals surface area contributed by atoms with E-state index in [0.717, 1.165) is 29.6 Å². The van der Waals surface area contributed by atoms with E-state index in [0.29, 0.717) is 12.6 Å². The van der Waals surface area contributed by atoms with Crippen LogP contribution in [0.15, 0.2) is 0 Å². The van der Waals surface area contributed by atoms with Gasteiger partial charge < -0.3 is 15.0 Å². The van der Waals surface area contributed by atoms with E-state index in [1.165, 1.54) is 0 Å². The molecule has 1 aromatic rings. The predicted molar refractivity (Wildman–Crippen MR) is 75.4 cm³/mol. The molecule has 1 aromatic heterocycles. The van der Waals surface area contributed by atoms with Crippen molar-refractivity contribution in [1.82, 2.24) is 9.97 Å². The van der Waals surface area contributed by atoms with Gasteiger partial charge in [0.15, 0.2) is 0 Å². The Kier molecular flexibility index (Phi) is 5.34. The van der Waals surface area contributed by atoms with E-state index >= 15 is 0 Å². The Morgan fingerprint density at radius 3 is 2.44 bits per heavy atom. The average Bonchev–Trinajstić information content (AvgIpc) is 2.32. The third kappa shape index (κ3) is 3.32. The van der Waals surface area contributed by atoms with Crippen molar-refractivity contribution in [2.45, 2.75) is 33.7 Å². The molecule has 0 fully saturated rings. The first-order valence-electron chi connectivity index (χ1n) is 6.29. The topological polar surface area (TPSA) is 50.3 Å². The molecule has 1 rings (SSSR count). The van der Waals surface area contributed by atoms with E-state index in [1.54, 1.807) is 7.11 Å². The van der Waals surface area contributed by atoms with Gasteiger partial charge in [-0.05, 0) is 27.7 Å². The van der Waals surface area contributed by atoms with E-state index in [4.69, 9.17) is 4.74 Å². The predicted octanol–water partition coefficient (Wildman–Crippen LogP) is 2.00. The van der Waals surface area contributed by atoms with Crippen molar-refractivity contribution in [3.63, 3.8) is 0 Å². The molecule has 0 saturated heterocycles. The molecule has 0 radical (unpaired) electrons. The number of anilines is 2. The number of nitrogens with one attached hydrogen (secondary N) is 1. The highest BCUT2D eigenvalue weighted by molar-refractivity contribution is 5.58. The molecule has 0 atom stereocenters. The molecule has 0 bridgehead atoms. The SMILES string of the molecule is CNc1nc(C)nc(N(CCOC)C(C)C)c1C. The highest BCUT2D eigenvalue weighted by Gasteiger charge is 2.17. The van der Waals surface area contributed by atoms with E-state index in [9.17, 15) is 0 Å². The van der Waals surface area contributed by atoms with Gasteiger partial charge in [-0.1, -0.05) is 0 Å². The van der Waals surface area contributed by atoms with Gasteiger partial charge in [0.1, 0.15) is 17.5 Å². The Balaban J connectivity index is 3.14. The van der Waals surface area contributed by atoms with E-state index in [2.05, 4.69) is 34.0 Å². The molecule has 0 amide bonds. The standard InChI is InChI=1S/C13H24N4O/c1-9(2)17(7-8-18-6)13-10(3)12(14-5)15-11(4)16-13/h9H,7-8H2,1-6H3,(H,14,15,16). The Hall–Kier alpha value is -1.36. The molecule has 0 unspecified atom stereocenters. The number of hydrogen-bond donors (Lipinski definition) is 1. The summed E-state index contributed by atoms with van der Waals surface area (Å²) in [4.78, 5) is 11.2. The fourth-order valence-corrected chi connectivity index (χ4v) is 1.94. The fraction of sp³-hybridized carbons (Fsp3) is 0.692. The molecule has 1 heterocycles. The zero-order valence-electron chi connectivity index (χ0n) is 12.2. The molecule has 18 heavy (non-hydrogen) atoms. The average molecular weight is 252 g/mol. The lowest BCUT2D eigenvalue weighted by atomic mass is 10.2. The summed E-state index contributed by atoms with van der Waals surface area (Å²) in [5, 5.41) is 3.12. The molecule has 0 aromatic carbocycles. The number of ether oxygens (including phenoxy) is 1. The minimum absolute atomic E-state index is 0.373. The second-order valence-corrected chi connectivity index (χ2v) is 4.60. The van der Waals surface area contributed by atoms with Crippen LogP contribution in [0.5, 0.6) is 0 Å². The maximum absolute atomic E-state index is 5.17. The van der Waals surface area contributed by atoms with E-state index in [1.807, 2.05) is 20.9 Å². The van der Waals surface area contributed by atoms with E-state index in [-0.39, 0.29) is 0 Å². The summed E-state index contributed by atoms with van der Waals surface area (Å²) in [7, 11) is 3.60. The van der Waals surface area contributed by atoms with Gasteiger partial charge in [0.25, 0.3) is 0 Å². The molecule has 1 N–H and O–H groups in total. The van der Waals surface area contributed by atoms with Crippen LogP contribution in [-0.2, 0) is 4.74 Å². The molecule has 5 nitrogen and oxygen atoms in total. The van der Waals surface area contributed by atoms with Crippen molar-refractivity contribution in [3.05, 3.63) is 11.4 Å². The summed E-state index contributed by atoms with van der Waals surface area (Å²) in [6.07, 6.45) is 0. The van der Waals surface area contributed by atoms with Crippen LogP contribution in [-0.4, -0.2) is 43.3 Å². The van der Waals surface area contributed by atoms with Gasteiger partial charge >= 0.3 is 0 Å². The Morgan fingerprint density at radius 2 is 1.94 bits per heavy atom. The van der Waals surface area contributed by atoms with Crippen LogP contribution in [0, 0.1) is 13.8 Å². The minimum atomic E-state index is 0.373. The molecule has 0 saturated carbocycles. The molecule has 0 aliphatic carbocycles. The highest BCUT2D eigenvalue weighted by Crippen LogP contribution is 2.24. The Morgan fingerprint density at radius 1 is 1.28 bits per heavy atom. The number of aromatic nitrogens is 2. The van der Waals surface area contributed by atoms with Crippen LogP contribution < -0.4 is 10.2 Å². The Labute approximate surface area is 110 Å². The number of aryl methyl sites for hydroxylation is 1. The van der Waals surface area contributed by atoms with Crippen LogP contribution in [0.2, 0.25) is 0 Å². The largest absolute Gasteiger partial charge is 0.383 e. The third-order valence-corrected chi connectivity index (χ3v) is 2.90. The molecule has 0 spiro atoms. The van der Waals surface area contributed by atoms with Crippen LogP contribution >= 0.6 is 0 Å². The number of nitrogens with zero attached hydrogens (tertiary/aromatic N) is 3. The van der Waals surface area contributed by atoms with Crippen molar-refractivity contribution in [2.75, 3.05) is 37.5 Å². The van der Waals surface area contributed by atoms with Crippen LogP contribution in [0.4, 0.5) is 11.6 Å². The van der Waals surface area contributed by atoms with Crippen LogP contribution in [0.3, 0.4) is 0 Å². The van der Waals surface area contributed by atoms with Crippen molar-refractivity contribution in [3.8, 4) is 0 Å². The van der Waals surface area contributed by atoms with Gasteiger partial charge in [0.2, 0.25) is 0 Å². The van der Waals surface area contributed by atoms with Gasteiger partial charge in [-0.3, -0.25) is 0 Å². The fourth-order valence-electron chi connectivity index (χ4n) is 1.94. The van der Waals surface area contributed by atoms with Crippen LogP contribution in [0.1, 0.15) is 25.2 Å². The normalized spacial score (nSPS) is 10.8. The van der Waals surface area contributed by atoms with Crippen molar-refractivity contribution >= 4 is 11.6 Å². The maximum Gasteiger partial charge on any atom is 0.137 e. The van der Waals surface area contributed by atoms with Gasteiger partial charge in [-0.15, -0.1) is 0 Å². The number of hydrogen-bond acceptors (Lipinski definition) is 5. The summed E-state index contributed by atoms with van der Waals surface area (Å²) in [5.74, 6) is 2.66. The molecular formula is C13H24N4O. The van der Waals surface area contributed by atoms with Gasteiger partial charge in [-0.2, -0.15) is 0 Å². The van der Waals surface area contributed by atoms with Gasteiger partial charge in [-0.25, -0.2) is 9.97 Å². The smallest absolute Gasteiger partial charge is 0.137 e. The molecular weight excluding hydrogens is 228 g/mol. The first kappa shape index (κ1) is 14.7. The van der Waals surface area contributed by atoms with Gasteiger partial charge in [0.05, 0.1) is 6.61 Å². The molecule has 5 heteroatoms.